The van der Waals surface area contributed by atoms with Gasteiger partial charge in [-0.05, 0) is 12.5 Å². The number of ketones is 1. The Balaban J connectivity index is 2.63. The summed E-state index contributed by atoms with van der Waals surface area (Å²) >= 11 is 0. The van der Waals surface area contributed by atoms with Crippen LogP contribution >= 0.6 is 0 Å². The fourth-order valence-corrected chi connectivity index (χ4v) is 2.11. The van der Waals surface area contributed by atoms with Crippen LogP contribution in [0.2, 0.25) is 0 Å². The number of rotatable bonds is 2. The lowest BCUT2D eigenvalue weighted by atomic mass is 9.97. The predicted octanol–water partition coefficient (Wildman–Crippen LogP) is 2.33. The number of carbonyl (C=O) groups excluding carboxylic acids is 1. The number of aromatic nitrogens is 1. The van der Waals surface area contributed by atoms with Crippen LogP contribution < -0.4 is 0 Å². The summed E-state index contributed by atoms with van der Waals surface area (Å²) in [6, 6.07) is 2.02. The van der Waals surface area contributed by atoms with E-state index in [-0.39, 0.29) is 5.78 Å². The van der Waals surface area contributed by atoms with Crippen molar-refractivity contribution in [2.45, 2.75) is 13.3 Å². The first-order chi connectivity index (χ1) is 7.60. The molecule has 1 aromatic heterocycles. The first-order valence-corrected chi connectivity index (χ1v) is 5.28. The number of nitrogens with zero attached hydrogens (tertiary/aromatic N) is 1. The molecule has 0 amide bonds. The molecule has 1 heterocycles. The quantitative estimate of drug-likeness (QED) is 0.761. The van der Waals surface area contributed by atoms with Crippen LogP contribution in [-0.2, 0) is 18.2 Å². The molecule has 0 aliphatic heterocycles. The van der Waals surface area contributed by atoms with E-state index in [1.54, 1.807) is 7.11 Å². The fraction of sp³-hybridized carbons (Fsp3) is 0.308. The number of allylic oxidation sites excluding steroid dienone is 2. The molecule has 1 aromatic rings. The molecule has 0 saturated carbocycles. The van der Waals surface area contributed by atoms with E-state index in [0.717, 1.165) is 23.3 Å². The highest BCUT2D eigenvalue weighted by molar-refractivity contribution is 6.12. The molecule has 0 atom stereocenters. The van der Waals surface area contributed by atoms with Gasteiger partial charge < -0.3 is 9.30 Å². The smallest absolute Gasteiger partial charge is 0.206 e. The van der Waals surface area contributed by atoms with Crippen LogP contribution in [0.15, 0.2) is 24.5 Å². The van der Waals surface area contributed by atoms with Gasteiger partial charge in [0.15, 0.2) is 0 Å². The summed E-state index contributed by atoms with van der Waals surface area (Å²) in [6.45, 7) is 6.04. The average molecular weight is 217 g/mol. The lowest BCUT2D eigenvalue weighted by Gasteiger charge is -2.15. The maximum Gasteiger partial charge on any atom is 0.206 e. The number of fused-ring (bicyclic) bond motifs is 1. The van der Waals surface area contributed by atoms with Crippen LogP contribution in [-0.4, -0.2) is 17.5 Å². The molecule has 3 heteroatoms. The Morgan fingerprint density at radius 1 is 1.50 bits per heavy atom. The highest BCUT2D eigenvalue weighted by Crippen LogP contribution is 2.32. The Hall–Kier alpha value is -1.77. The maximum atomic E-state index is 11.9. The maximum absolute atomic E-state index is 11.9. The molecule has 0 spiro atoms. The van der Waals surface area contributed by atoms with Gasteiger partial charge in [-0.25, -0.2) is 0 Å². The Labute approximate surface area is 95.0 Å². The van der Waals surface area contributed by atoms with E-state index in [0.29, 0.717) is 11.5 Å². The van der Waals surface area contributed by atoms with Crippen molar-refractivity contribution in [2.75, 3.05) is 7.11 Å². The van der Waals surface area contributed by atoms with Crippen LogP contribution in [0, 0.1) is 0 Å². The SMILES string of the molecule is C=C1C(OC)=CC(=O)c2c1cc(CC)n2C. The fourth-order valence-electron chi connectivity index (χ4n) is 2.11. The van der Waals surface area contributed by atoms with Gasteiger partial charge in [0.1, 0.15) is 5.76 Å². The van der Waals surface area contributed by atoms with Gasteiger partial charge in [0.05, 0.1) is 12.8 Å². The number of carbonyl (C=O) groups is 1. The topological polar surface area (TPSA) is 31.2 Å². The third-order valence-electron chi connectivity index (χ3n) is 3.03. The largest absolute Gasteiger partial charge is 0.496 e. The minimum Gasteiger partial charge on any atom is -0.496 e. The monoisotopic (exact) mass is 217 g/mol. The molecule has 0 bridgehead atoms. The molecule has 0 aromatic carbocycles. The number of hydrogen-bond acceptors (Lipinski definition) is 2. The van der Waals surface area contributed by atoms with E-state index in [4.69, 9.17) is 4.74 Å². The summed E-state index contributed by atoms with van der Waals surface area (Å²) in [5.74, 6) is 0.548. The van der Waals surface area contributed by atoms with E-state index < -0.39 is 0 Å². The third-order valence-corrected chi connectivity index (χ3v) is 3.03. The molecule has 1 aliphatic rings. The second-order valence-corrected chi connectivity index (χ2v) is 3.87. The highest BCUT2D eigenvalue weighted by atomic mass is 16.5. The Bertz CT molecular complexity index is 506. The average Bonchev–Trinajstić information content (AvgIpc) is 2.61. The first kappa shape index (κ1) is 10.7. The molecule has 0 saturated heterocycles. The van der Waals surface area contributed by atoms with Gasteiger partial charge in [-0.15, -0.1) is 0 Å². The van der Waals surface area contributed by atoms with Gasteiger partial charge in [0, 0.05) is 30.0 Å². The van der Waals surface area contributed by atoms with E-state index in [1.165, 1.54) is 6.08 Å². The van der Waals surface area contributed by atoms with Crippen LogP contribution in [0.1, 0.15) is 28.7 Å². The van der Waals surface area contributed by atoms with E-state index in [9.17, 15) is 4.79 Å². The van der Waals surface area contributed by atoms with Gasteiger partial charge >= 0.3 is 0 Å². The number of aryl methyl sites for hydroxylation is 1. The zero-order valence-electron chi connectivity index (χ0n) is 9.83. The van der Waals surface area contributed by atoms with Gasteiger partial charge in [-0.3, -0.25) is 4.79 Å². The summed E-state index contributed by atoms with van der Waals surface area (Å²) < 4.78 is 7.08. The number of ether oxygens (including phenoxy) is 1. The van der Waals surface area contributed by atoms with E-state index >= 15 is 0 Å². The zero-order chi connectivity index (χ0) is 11.9. The van der Waals surface area contributed by atoms with Crippen molar-refractivity contribution in [1.29, 1.82) is 0 Å². The molecule has 16 heavy (non-hydrogen) atoms. The van der Waals surface area contributed by atoms with Crippen molar-refractivity contribution in [1.82, 2.24) is 4.57 Å². The predicted molar refractivity (Wildman–Crippen MR) is 63.2 cm³/mol. The van der Waals surface area contributed by atoms with Crippen molar-refractivity contribution in [3.63, 3.8) is 0 Å². The molecule has 0 N–H and O–H groups in total. The van der Waals surface area contributed by atoms with Crippen molar-refractivity contribution in [2.24, 2.45) is 7.05 Å². The summed E-state index contributed by atoms with van der Waals surface area (Å²) in [7, 11) is 3.47. The van der Waals surface area contributed by atoms with Crippen LogP contribution in [0.25, 0.3) is 5.57 Å². The van der Waals surface area contributed by atoms with E-state index in [1.807, 2.05) is 17.7 Å². The van der Waals surface area contributed by atoms with Crippen molar-refractivity contribution in [3.8, 4) is 0 Å². The van der Waals surface area contributed by atoms with Gasteiger partial charge in [-0.1, -0.05) is 13.5 Å². The summed E-state index contributed by atoms with van der Waals surface area (Å²) in [5.41, 5.74) is 3.52. The molecule has 2 rings (SSSR count). The molecular weight excluding hydrogens is 202 g/mol. The second-order valence-electron chi connectivity index (χ2n) is 3.87. The Kier molecular flexibility index (Phi) is 2.46. The van der Waals surface area contributed by atoms with Crippen molar-refractivity contribution in [3.05, 3.63) is 41.4 Å². The molecule has 0 unspecified atom stereocenters. The van der Waals surface area contributed by atoms with Crippen LogP contribution in [0.4, 0.5) is 0 Å². The standard InChI is InChI=1S/C13H15NO2/c1-5-9-6-10-8(2)12(16-4)7-11(15)13(10)14(9)3/h6-7H,2,5H2,1,3-4H3. The van der Waals surface area contributed by atoms with Gasteiger partial charge in [-0.2, -0.15) is 0 Å². The van der Waals surface area contributed by atoms with Crippen molar-refractivity contribution < 1.29 is 9.53 Å². The van der Waals surface area contributed by atoms with Crippen molar-refractivity contribution >= 4 is 11.4 Å². The van der Waals surface area contributed by atoms with Gasteiger partial charge in [0.25, 0.3) is 0 Å². The van der Waals surface area contributed by atoms with E-state index in [2.05, 4.69) is 13.5 Å². The molecule has 3 nitrogen and oxygen atoms in total. The number of methoxy groups -OCH3 is 1. The van der Waals surface area contributed by atoms with Crippen LogP contribution in [0.3, 0.4) is 0 Å². The minimum absolute atomic E-state index is 0.0125. The Morgan fingerprint density at radius 3 is 2.75 bits per heavy atom. The second kappa shape index (κ2) is 3.67. The first-order valence-electron chi connectivity index (χ1n) is 5.28. The lowest BCUT2D eigenvalue weighted by molar-refractivity contribution is 0.103. The Morgan fingerprint density at radius 2 is 2.19 bits per heavy atom. The summed E-state index contributed by atoms with van der Waals surface area (Å²) in [6.07, 6.45) is 2.40. The third kappa shape index (κ3) is 1.32. The molecule has 0 fully saturated rings. The lowest BCUT2D eigenvalue weighted by Crippen LogP contribution is -2.13. The summed E-state index contributed by atoms with van der Waals surface area (Å²) in [5, 5.41) is 0. The molecule has 84 valence electrons. The summed E-state index contributed by atoms with van der Waals surface area (Å²) in [4.78, 5) is 11.9. The molecule has 0 radical (unpaired) electrons. The number of hydrogen-bond donors (Lipinski definition) is 0. The van der Waals surface area contributed by atoms with Gasteiger partial charge in [0.2, 0.25) is 5.78 Å². The van der Waals surface area contributed by atoms with Crippen LogP contribution in [0.5, 0.6) is 0 Å². The minimum atomic E-state index is -0.0125. The zero-order valence-corrected chi connectivity index (χ0v) is 9.83. The highest BCUT2D eigenvalue weighted by Gasteiger charge is 2.26. The molecule has 1 aliphatic carbocycles. The molecular formula is C13H15NO2. The normalized spacial score (nSPS) is 14.8.